The normalized spacial score (nSPS) is 18.8. The second-order valence-electron chi connectivity index (χ2n) is 14.7. The van der Waals surface area contributed by atoms with Gasteiger partial charge >= 0.3 is 5.69 Å². The molecule has 4 aromatic rings. The SMILES string of the molecule is CC#Cc1cn([C@@H]2O[C@H](COC(c3ccccc3)(c3ccc(OC)cc3)c3ccc(OC)cc3)[C@@H](O)[C@H]2OCO[Si](C(C)C)(C(C)C)C(C)C)c(=O)[nH]c1=O. The molecule has 2 heterocycles. The van der Waals surface area contributed by atoms with Crippen LogP contribution >= 0.6 is 0 Å². The number of ether oxygens (including phenoxy) is 5. The summed E-state index contributed by atoms with van der Waals surface area (Å²) in [5, 5.41) is 12.1. The largest absolute Gasteiger partial charge is 0.497 e. The Bertz CT molecular complexity index is 1960. The number of H-pyrrole nitrogens is 1. The first-order chi connectivity index (χ1) is 26.3. The molecule has 0 amide bonds. The molecule has 11 nitrogen and oxygen atoms in total. The smallest absolute Gasteiger partial charge is 0.330 e. The second-order valence-corrected chi connectivity index (χ2v) is 20.1. The van der Waals surface area contributed by atoms with Crippen molar-refractivity contribution in [1.82, 2.24) is 9.55 Å². The summed E-state index contributed by atoms with van der Waals surface area (Å²) in [6, 6.07) is 25.0. The molecule has 3 aromatic carbocycles. The molecule has 5 rings (SSSR count). The Balaban J connectivity index is 1.57. The fraction of sp³-hybridized carbons (Fsp3) is 0.442. The Morgan fingerprint density at radius 1 is 0.836 bits per heavy atom. The number of benzene rings is 3. The molecule has 0 aliphatic carbocycles. The monoisotopic (exact) mass is 770 g/mol. The maximum Gasteiger partial charge on any atom is 0.330 e. The van der Waals surface area contributed by atoms with Crippen LogP contribution in [-0.2, 0) is 24.2 Å². The maximum atomic E-state index is 13.4. The van der Waals surface area contributed by atoms with Gasteiger partial charge in [-0.15, -0.1) is 5.92 Å². The van der Waals surface area contributed by atoms with E-state index in [1.54, 1.807) is 21.1 Å². The summed E-state index contributed by atoms with van der Waals surface area (Å²) in [6.07, 6.45) is -3.16. The highest BCUT2D eigenvalue weighted by Crippen LogP contribution is 2.44. The number of aromatic nitrogens is 2. The summed E-state index contributed by atoms with van der Waals surface area (Å²) in [7, 11) is 0.854. The van der Waals surface area contributed by atoms with E-state index < -0.39 is 49.7 Å². The highest BCUT2D eigenvalue weighted by Gasteiger charge is 2.50. The zero-order valence-electron chi connectivity index (χ0n) is 33.2. The van der Waals surface area contributed by atoms with Crippen LogP contribution in [0.15, 0.2) is 94.6 Å². The minimum absolute atomic E-state index is 0.0721. The summed E-state index contributed by atoms with van der Waals surface area (Å²) in [5.74, 6) is 6.82. The molecule has 1 aliphatic rings. The summed E-state index contributed by atoms with van der Waals surface area (Å²) < 4.78 is 38.9. The lowest BCUT2D eigenvalue weighted by molar-refractivity contribution is -0.117. The van der Waals surface area contributed by atoms with E-state index in [4.69, 9.17) is 28.1 Å². The van der Waals surface area contributed by atoms with Crippen molar-refractivity contribution in [1.29, 1.82) is 0 Å². The Hall–Kier alpha value is -4.48. The van der Waals surface area contributed by atoms with Crippen molar-refractivity contribution in [3.05, 3.63) is 128 Å². The second kappa shape index (κ2) is 18.0. The zero-order chi connectivity index (χ0) is 39.9. The number of aliphatic hydroxyl groups excluding tert-OH is 1. The van der Waals surface area contributed by atoms with Crippen LogP contribution in [0.3, 0.4) is 0 Å². The number of hydrogen-bond donors (Lipinski definition) is 2. The third kappa shape index (κ3) is 8.38. The number of aromatic amines is 1. The first kappa shape index (κ1) is 41.7. The fourth-order valence-corrected chi connectivity index (χ4v) is 13.4. The van der Waals surface area contributed by atoms with Gasteiger partial charge in [0.15, 0.2) is 6.23 Å². The van der Waals surface area contributed by atoms with Crippen LogP contribution in [-0.4, -0.2) is 68.9 Å². The predicted molar refractivity (Wildman–Crippen MR) is 214 cm³/mol. The molecule has 294 valence electrons. The van der Waals surface area contributed by atoms with Crippen LogP contribution in [0.2, 0.25) is 16.6 Å². The van der Waals surface area contributed by atoms with E-state index in [9.17, 15) is 14.7 Å². The zero-order valence-corrected chi connectivity index (χ0v) is 34.2. The van der Waals surface area contributed by atoms with E-state index in [1.807, 2.05) is 78.9 Å². The molecule has 0 spiro atoms. The standard InChI is InChI=1S/C43H54N2O9Si/c1-10-14-31-25-45(42(48)44-40(31)47)41-39(51-27-53-55(28(2)3,29(4)5)30(6)7)38(46)37(54-41)26-52-43(32-15-12-11-13-16-32,33-17-21-35(49-8)22-18-33)34-19-23-36(50-9)24-20-34/h11-13,15-25,28-30,37-39,41,46H,26-27H2,1-9H3,(H,44,47,48)/t37-,38-,39-,41-/m1/s1. The predicted octanol–water partition coefficient (Wildman–Crippen LogP) is 6.73. The average Bonchev–Trinajstić information content (AvgIpc) is 3.49. The van der Waals surface area contributed by atoms with Crippen LogP contribution in [0.25, 0.3) is 0 Å². The number of aliphatic hydroxyl groups is 1. The molecule has 0 bridgehead atoms. The van der Waals surface area contributed by atoms with Gasteiger partial charge in [-0.25, -0.2) is 4.79 Å². The van der Waals surface area contributed by atoms with Crippen molar-refractivity contribution in [3.8, 4) is 23.3 Å². The molecule has 0 saturated carbocycles. The molecule has 1 aliphatic heterocycles. The van der Waals surface area contributed by atoms with Crippen molar-refractivity contribution in [3.63, 3.8) is 0 Å². The molecule has 1 fully saturated rings. The molecule has 12 heteroatoms. The van der Waals surface area contributed by atoms with Crippen molar-refractivity contribution in [2.75, 3.05) is 27.6 Å². The first-order valence-electron chi connectivity index (χ1n) is 18.7. The molecule has 0 unspecified atom stereocenters. The van der Waals surface area contributed by atoms with Crippen molar-refractivity contribution in [2.45, 2.75) is 95.2 Å². The van der Waals surface area contributed by atoms with Gasteiger partial charge in [-0.2, -0.15) is 0 Å². The summed E-state index contributed by atoms with van der Waals surface area (Å²) in [5.41, 5.74) is 0.809. The Labute approximate surface area is 324 Å². The van der Waals surface area contributed by atoms with E-state index in [1.165, 1.54) is 10.8 Å². The van der Waals surface area contributed by atoms with E-state index >= 15 is 0 Å². The van der Waals surface area contributed by atoms with Crippen molar-refractivity contribution < 1.29 is 33.2 Å². The third-order valence-electron chi connectivity index (χ3n) is 10.7. The van der Waals surface area contributed by atoms with Crippen LogP contribution in [0, 0.1) is 11.8 Å². The van der Waals surface area contributed by atoms with Gasteiger partial charge in [0.1, 0.15) is 47.8 Å². The maximum absolute atomic E-state index is 13.4. The highest BCUT2D eigenvalue weighted by molar-refractivity contribution is 6.77. The summed E-state index contributed by atoms with van der Waals surface area (Å²) >= 11 is 0. The van der Waals surface area contributed by atoms with E-state index in [0.29, 0.717) is 11.5 Å². The van der Waals surface area contributed by atoms with E-state index in [2.05, 4.69) is 58.4 Å². The minimum Gasteiger partial charge on any atom is -0.497 e. The lowest BCUT2D eigenvalue weighted by atomic mass is 9.80. The van der Waals surface area contributed by atoms with Gasteiger partial charge in [0.05, 0.1) is 20.8 Å². The molecule has 55 heavy (non-hydrogen) atoms. The van der Waals surface area contributed by atoms with Gasteiger partial charge in [0.25, 0.3) is 5.56 Å². The van der Waals surface area contributed by atoms with Crippen LogP contribution in [0.5, 0.6) is 11.5 Å². The topological polar surface area (TPSA) is 130 Å². The van der Waals surface area contributed by atoms with Gasteiger partial charge in [-0.1, -0.05) is 102 Å². The number of nitrogens with one attached hydrogen (secondary N) is 1. The Morgan fingerprint density at radius 2 is 1.36 bits per heavy atom. The fourth-order valence-electron chi connectivity index (χ4n) is 8.15. The van der Waals surface area contributed by atoms with Crippen LogP contribution in [0.4, 0.5) is 0 Å². The Kier molecular flexibility index (Phi) is 13.6. The van der Waals surface area contributed by atoms with Crippen molar-refractivity contribution >= 4 is 8.32 Å². The summed E-state index contributed by atoms with van der Waals surface area (Å²) in [4.78, 5) is 28.4. The molecular weight excluding hydrogens is 717 g/mol. The van der Waals surface area contributed by atoms with Crippen LogP contribution in [0.1, 0.15) is 76.9 Å². The molecule has 2 N–H and O–H groups in total. The molecular formula is C43H54N2O9Si. The average molecular weight is 771 g/mol. The van der Waals surface area contributed by atoms with Crippen LogP contribution < -0.4 is 20.7 Å². The molecule has 1 saturated heterocycles. The van der Waals surface area contributed by atoms with Gasteiger partial charge in [0, 0.05) is 6.20 Å². The highest BCUT2D eigenvalue weighted by atomic mass is 28.4. The van der Waals surface area contributed by atoms with E-state index in [0.717, 1.165) is 16.7 Å². The third-order valence-corrected chi connectivity index (χ3v) is 16.8. The number of rotatable bonds is 16. The van der Waals surface area contributed by atoms with E-state index in [-0.39, 0.29) is 35.6 Å². The van der Waals surface area contributed by atoms with Gasteiger partial charge in [-0.3, -0.25) is 14.3 Å². The first-order valence-corrected chi connectivity index (χ1v) is 20.8. The summed E-state index contributed by atoms with van der Waals surface area (Å²) in [6.45, 7) is 14.4. The molecule has 4 atom stereocenters. The minimum atomic E-state index is -2.37. The Morgan fingerprint density at radius 3 is 1.85 bits per heavy atom. The van der Waals surface area contributed by atoms with Crippen molar-refractivity contribution in [2.24, 2.45) is 0 Å². The number of hydrogen-bond acceptors (Lipinski definition) is 9. The molecule has 1 aromatic heterocycles. The number of methoxy groups -OCH3 is 2. The van der Waals surface area contributed by atoms with Gasteiger partial charge < -0.3 is 33.2 Å². The quantitative estimate of drug-likeness (QED) is 0.0552. The lowest BCUT2D eigenvalue weighted by Gasteiger charge is -2.42. The van der Waals surface area contributed by atoms with Gasteiger partial charge in [-0.05, 0) is 64.5 Å². The molecule has 0 radical (unpaired) electrons. The van der Waals surface area contributed by atoms with Gasteiger partial charge in [0.2, 0.25) is 8.32 Å². The number of nitrogens with zero attached hydrogens (tertiary/aromatic N) is 1. The lowest BCUT2D eigenvalue weighted by Crippen LogP contribution is -2.49.